The molecule has 1 aliphatic heterocycles. The van der Waals surface area contributed by atoms with Crippen LogP contribution in [0.2, 0.25) is 5.02 Å². The topological polar surface area (TPSA) is 26.3 Å². The van der Waals surface area contributed by atoms with Gasteiger partial charge in [0.15, 0.2) is 0 Å². The van der Waals surface area contributed by atoms with Crippen LogP contribution in [-0.4, -0.2) is 32.1 Å². The molecule has 1 aromatic rings. The molecule has 1 heterocycles. The summed E-state index contributed by atoms with van der Waals surface area (Å²) in [5.41, 5.74) is 0.743. The van der Waals surface area contributed by atoms with Crippen LogP contribution in [0, 0.1) is 0 Å². The van der Waals surface area contributed by atoms with Crippen LogP contribution in [0.15, 0.2) is 43.3 Å². The third-order valence-corrected chi connectivity index (χ3v) is 11.6. The maximum absolute atomic E-state index is 12.4. The second-order valence-electron chi connectivity index (χ2n) is 3.99. The summed E-state index contributed by atoms with van der Waals surface area (Å²) < 4.78 is 7.69. The predicted molar refractivity (Wildman–Crippen MR) is 70.4 cm³/mol. The monoisotopic (exact) mass is 350 g/mol. The van der Waals surface area contributed by atoms with E-state index in [1.807, 2.05) is 19.1 Å². The number of ether oxygens (including phenoxy) is 1. The number of allylic oxidation sites excluding steroid dienone is 3. The van der Waals surface area contributed by atoms with E-state index in [0.717, 1.165) is 9.08 Å². The Labute approximate surface area is 113 Å². The predicted octanol–water partition coefficient (Wildman–Crippen LogP) is 3.13. The van der Waals surface area contributed by atoms with Crippen molar-refractivity contribution in [1.82, 2.24) is 0 Å². The van der Waals surface area contributed by atoms with Gasteiger partial charge >= 0.3 is 114 Å². The van der Waals surface area contributed by atoms with E-state index in [0.29, 0.717) is 5.02 Å². The van der Waals surface area contributed by atoms with Gasteiger partial charge in [-0.3, -0.25) is 0 Å². The van der Waals surface area contributed by atoms with Crippen molar-refractivity contribution in [1.29, 1.82) is 0 Å². The van der Waals surface area contributed by atoms with Crippen molar-refractivity contribution < 1.29 is 9.53 Å². The molecule has 0 amide bonds. The summed E-state index contributed by atoms with van der Waals surface area (Å²) in [4.78, 5) is 12.4. The van der Waals surface area contributed by atoms with Crippen LogP contribution < -0.4 is 0 Å². The molecule has 0 bridgehead atoms. The van der Waals surface area contributed by atoms with Gasteiger partial charge in [0, 0.05) is 0 Å². The molecule has 1 aromatic carbocycles. The molecule has 17 heavy (non-hydrogen) atoms. The molecule has 0 aromatic heterocycles. The van der Waals surface area contributed by atoms with Crippen LogP contribution in [0.1, 0.15) is 17.3 Å². The average Bonchev–Trinajstić information content (AvgIpc) is 2.70. The summed E-state index contributed by atoms with van der Waals surface area (Å²) >= 11 is 3.23. The Hall–Kier alpha value is -0.670. The minimum absolute atomic E-state index is 0.253. The van der Waals surface area contributed by atoms with Gasteiger partial charge in [-0.05, 0) is 0 Å². The van der Waals surface area contributed by atoms with Crippen molar-refractivity contribution in [3.63, 3.8) is 0 Å². The quantitative estimate of drug-likeness (QED) is 0.837. The third-order valence-electron chi connectivity index (χ3n) is 2.88. The number of carbonyl (C=O) groups excluding carboxylic acids is 1. The second-order valence-corrected chi connectivity index (χ2v) is 12.6. The Balaban J connectivity index is 2.29. The first-order valence-electron chi connectivity index (χ1n) is 5.35. The van der Waals surface area contributed by atoms with Crippen molar-refractivity contribution in [2.24, 2.45) is 0 Å². The van der Waals surface area contributed by atoms with E-state index in [2.05, 4.69) is 0 Å². The molecule has 2 nitrogen and oxygen atoms in total. The second kappa shape index (κ2) is 5.32. The molecular weight excluding hydrogens is 338 g/mol. The van der Waals surface area contributed by atoms with Crippen LogP contribution >= 0.6 is 11.6 Å². The number of benzene rings is 1. The molecule has 0 atom stereocenters. The first kappa shape index (κ1) is 12.8. The van der Waals surface area contributed by atoms with E-state index in [1.54, 1.807) is 31.4 Å². The van der Waals surface area contributed by atoms with Crippen molar-refractivity contribution in [3.8, 4) is 0 Å². The van der Waals surface area contributed by atoms with E-state index in [1.165, 1.54) is 3.33 Å². The zero-order chi connectivity index (χ0) is 12.4. The standard InChI is InChI=1S/C7H4ClO.C6H8O.In/c8-7-3-1-6(5-9)2-4-7;1-3-4-5-6-7-2;/h1-4H;4-5H,1-2H3;. The van der Waals surface area contributed by atoms with Crippen molar-refractivity contribution in [2.75, 3.05) is 7.11 Å². The number of hydrogen-bond donors (Lipinski definition) is 0. The Morgan fingerprint density at radius 1 is 1.24 bits per heavy atom. The summed E-state index contributed by atoms with van der Waals surface area (Å²) in [6.45, 7) is 2.02. The van der Waals surface area contributed by atoms with E-state index in [9.17, 15) is 4.79 Å². The fourth-order valence-electron chi connectivity index (χ4n) is 1.93. The van der Waals surface area contributed by atoms with Gasteiger partial charge in [-0.25, -0.2) is 0 Å². The number of methoxy groups -OCH3 is 1. The zero-order valence-corrected chi connectivity index (χ0v) is 13.8. The Morgan fingerprint density at radius 2 is 1.88 bits per heavy atom. The van der Waals surface area contributed by atoms with Crippen LogP contribution in [0.3, 0.4) is 0 Å². The van der Waals surface area contributed by atoms with Gasteiger partial charge in [0.1, 0.15) is 0 Å². The molecule has 2 rings (SSSR count). The average molecular weight is 351 g/mol. The van der Waals surface area contributed by atoms with Crippen molar-refractivity contribution in [3.05, 3.63) is 53.8 Å². The molecule has 1 aliphatic rings. The van der Waals surface area contributed by atoms with Crippen LogP contribution in [0.5, 0.6) is 0 Å². The fourth-order valence-corrected chi connectivity index (χ4v) is 9.08. The molecule has 0 aliphatic carbocycles. The molecule has 0 fully saturated rings. The van der Waals surface area contributed by atoms with Crippen molar-refractivity contribution in [2.45, 2.75) is 6.92 Å². The minimum atomic E-state index is -2.59. The van der Waals surface area contributed by atoms with Gasteiger partial charge in [0.2, 0.25) is 0 Å². The Morgan fingerprint density at radius 3 is 2.47 bits per heavy atom. The van der Waals surface area contributed by atoms with E-state index < -0.39 is 21.4 Å². The van der Waals surface area contributed by atoms with E-state index in [4.69, 9.17) is 16.3 Å². The molecule has 86 valence electrons. The number of halogens is 1. The van der Waals surface area contributed by atoms with Crippen LogP contribution in [-0.2, 0) is 4.74 Å². The summed E-state index contributed by atoms with van der Waals surface area (Å²) in [5, 5.41) is 0.651. The molecular formula is C13H12ClInO2. The summed E-state index contributed by atoms with van der Waals surface area (Å²) in [6.07, 6.45) is 3.94. The van der Waals surface area contributed by atoms with Gasteiger partial charge < -0.3 is 0 Å². The van der Waals surface area contributed by atoms with Crippen LogP contribution in [0.4, 0.5) is 0 Å². The zero-order valence-electron chi connectivity index (χ0n) is 9.74. The first-order valence-corrected chi connectivity index (χ1v) is 10.7. The normalized spacial score (nSPS) is 14.4. The Bertz CT molecular complexity index is 503. The van der Waals surface area contributed by atoms with Gasteiger partial charge in [-0.2, -0.15) is 0 Å². The van der Waals surface area contributed by atoms with E-state index in [-0.39, 0.29) is 3.54 Å². The fraction of sp³-hybridized carbons (Fsp3) is 0.154. The number of rotatable bonds is 3. The van der Waals surface area contributed by atoms with Gasteiger partial charge in [0.05, 0.1) is 0 Å². The van der Waals surface area contributed by atoms with Crippen molar-refractivity contribution >= 4 is 36.6 Å². The first-order chi connectivity index (χ1) is 8.13. The molecule has 0 radical (unpaired) electrons. The maximum atomic E-state index is 12.4. The summed E-state index contributed by atoms with van der Waals surface area (Å²) in [6, 6.07) is 7.09. The number of hydrogen-bond acceptors (Lipinski definition) is 2. The number of carbonyl (C=O) groups is 1. The molecule has 0 N–H and O–H groups in total. The molecule has 0 saturated carbocycles. The summed E-state index contributed by atoms with van der Waals surface area (Å²) in [7, 11) is 1.64. The SMILES string of the molecule is CO[C]1=CC=[C](C)[In]1[C](=O)c1ccc(Cl)cc1. The van der Waals surface area contributed by atoms with Gasteiger partial charge in [0.25, 0.3) is 0 Å². The van der Waals surface area contributed by atoms with Gasteiger partial charge in [-0.15, -0.1) is 0 Å². The van der Waals surface area contributed by atoms with E-state index >= 15 is 0 Å². The summed E-state index contributed by atoms with van der Waals surface area (Å²) in [5.74, 6) is 0. The van der Waals surface area contributed by atoms with Gasteiger partial charge in [-0.1, -0.05) is 0 Å². The molecule has 0 saturated heterocycles. The molecule has 0 spiro atoms. The van der Waals surface area contributed by atoms with Crippen LogP contribution in [0.25, 0.3) is 0 Å². The molecule has 4 heteroatoms. The Kier molecular flexibility index (Phi) is 4.00. The molecule has 0 unspecified atom stereocenters. The third kappa shape index (κ3) is 2.61.